The van der Waals surface area contributed by atoms with Gasteiger partial charge in [-0.3, -0.25) is 0 Å². The van der Waals surface area contributed by atoms with E-state index in [4.69, 9.17) is 11.2 Å². The maximum absolute atomic E-state index is 9.52. The molecule has 2 aromatic carbocycles. The number of phenols is 2. The SMILES string of the molecule is CCC1(P(N)c2ccc(O)cc2)CCC(N)(c2ccc(O)cc2)CC1. The van der Waals surface area contributed by atoms with E-state index in [0.717, 1.165) is 43.0 Å². The zero-order valence-electron chi connectivity index (χ0n) is 14.7. The lowest BCUT2D eigenvalue weighted by molar-refractivity contribution is 0.250. The Morgan fingerprint density at radius 3 is 1.84 bits per heavy atom. The molecule has 1 aliphatic carbocycles. The van der Waals surface area contributed by atoms with Crippen LogP contribution in [0.25, 0.3) is 0 Å². The fourth-order valence-electron chi connectivity index (χ4n) is 3.90. The highest BCUT2D eigenvalue weighted by atomic mass is 31.1. The molecule has 1 aliphatic rings. The molecule has 1 saturated carbocycles. The van der Waals surface area contributed by atoms with Gasteiger partial charge in [-0.2, -0.15) is 0 Å². The van der Waals surface area contributed by atoms with Gasteiger partial charge >= 0.3 is 0 Å². The average molecular weight is 358 g/mol. The van der Waals surface area contributed by atoms with E-state index < -0.39 is 8.07 Å². The van der Waals surface area contributed by atoms with Crippen LogP contribution in [0.2, 0.25) is 0 Å². The number of aromatic hydroxyl groups is 2. The van der Waals surface area contributed by atoms with Crippen molar-refractivity contribution in [2.24, 2.45) is 11.2 Å². The first-order chi connectivity index (χ1) is 11.9. The molecule has 0 heterocycles. The topological polar surface area (TPSA) is 92.5 Å². The van der Waals surface area contributed by atoms with Crippen molar-refractivity contribution >= 4 is 13.4 Å². The predicted octanol–water partition coefficient (Wildman–Crippen LogP) is 3.66. The molecule has 134 valence electrons. The minimum atomic E-state index is -0.813. The number of phenolic OH excluding ortho intramolecular Hbond substituents is 2. The smallest absolute Gasteiger partial charge is 0.115 e. The molecule has 0 radical (unpaired) electrons. The van der Waals surface area contributed by atoms with Gasteiger partial charge in [0.05, 0.1) is 0 Å². The molecule has 1 fully saturated rings. The fourth-order valence-corrected chi connectivity index (χ4v) is 5.96. The second kappa shape index (κ2) is 6.95. The molecule has 4 nitrogen and oxygen atoms in total. The van der Waals surface area contributed by atoms with E-state index in [-0.39, 0.29) is 22.2 Å². The number of hydrogen-bond donors (Lipinski definition) is 4. The summed E-state index contributed by atoms with van der Waals surface area (Å²) < 4.78 is 0. The summed E-state index contributed by atoms with van der Waals surface area (Å²) in [5.41, 5.74) is 14.2. The van der Waals surface area contributed by atoms with Crippen LogP contribution in [-0.2, 0) is 5.54 Å². The van der Waals surface area contributed by atoms with Crippen molar-refractivity contribution in [3.8, 4) is 11.5 Å². The van der Waals surface area contributed by atoms with Gasteiger partial charge in [-0.05, 0) is 87.4 Å². The first-order valence-corrected chi connectivity index (χ1v) is 10.2. The second-order valence-corrected chi connectivity index (χ2v) is 9.37. The van der Waals surface area contributed by atoms with E-state index >= 15 is 0 Å². The summed E-state index contributed by atoms with van der Waals surface area (Å²) in [6, 6.07) is 14.6. The molecule has 6 N–H and O–H groups in total. The first-order valence-electron chi connectivity index (χ1n) is 8.81. The van der Waals surface area contributed by atoms with E-state index in [1.807, 2.05) is 24.3 Å². The molecule has 1 atom stereocenters. The molecule has 0 aliphatic heterocycles. The summed E-state index contributed by atoms with van der Waals surface area (Å²) in [6.07, 6.45) is 4.79. The highest BCUT2D eigenvalue weighted by Gasteiger charge is 2.44. The predicted molar refractivity (Wildman–Crippen MR) is 104 cm³/mol. The Morgan fingerprint density at radius 2 is 1.36 bits per heavy atom. The molecule has 5 heteroatoms. The minimum absolute atomic E-state index is 0.0894. The van der Waals surface area contributed by atoms with Crippen LogP contribution in [0.5, 0.6) is 11.5 Å². The van der Waals surface area contributed by atoms with Gasteiger partial charge in [0.25, 0.3) is 0 Å². The summed E-state index contributed by atoms with van der Waals surface area (Å²) in [7, 11) is -0.813. The van der Waals surface area contributed by atoms with Gasteiger partial charge in [-0.1, -0.05) is 19.1 Å². The lowest BCUT2D eigenvalue weighted by Crippen LogP contribution is -2.47. The fraction of sp³-hybridized carbons (Fsp3) is 0.400. The molecule has 0 aromatic heterocycles. The quantitative estimate of drug-likeness (QED) is 0.628. The Hall–Kier alpha value is -1.61. The number of nitrogens with two attached hydrogens (primary N) is 2. The third-order valence-electron chi connectivity index (χ3n) is 5.81. The average Bonchev–Trinajstić information content (AvgIpc) is 2.63. The van der Waals surface area contributed by atoms with Gasteiger partial charge in [-0.25, -0.2) is 0 Å². The molecular weight excluding hydrogens is 331 g/mol. The van der Waals surface area contributed by atoms with Crippen molar-refractivity contribution in [3.05, 3.63) is 54.1 Å². The molecular formula is C20H27N2O2P. The largest absolute Gasteiger partial charge is 0.508 e. The molecule has 0 saturated heterocycles. The van der Waals surface area contributed by atoms with Crippen molar-refractivity contribution in [1.82, 2.24) is 0 Å². The van der Waals surface area contributed by atoms with Crippen molar-refractivity contribution in [2.45, 2.75) is 49.7 Å². The Balaban J connectivity index is 1.79. The van der Waals surface area contributed by atoms with Crippen molar-refractivity contribution in [2.75, 3.05) is 0 Å². The number of hydrogen-bond acceptors (Lipinski definition) is 4. The normalized spacial score (nSPS) is 27.8. The van der Waals surface area contributed by atoms with Crippen LogP contribution >= 0.6 is 8.07 Å². The maximum Gasteiger partial charge on any atom is 0.115 e. The van der Waals surface area contributed by atoms with Gasteiger partial charge in [0.15, 0.2) is 0 Å². The van der Waals surface area contributed by atoms with Crippen LogP contribution in [0, 0.1) is 0 Å². The van der Waals surface area contributed by atoms with Gasteiger partial charge in [0.1, 0.15) is 11.5 Å². The van der Waals surface area contributed by atoms with E-state index in [1.54, 1.807) is 24.3 Å². The Bertz CT molecular complexity index is 707. The molecule has 25 heavy (non-hydrogen) atoms. The lowest BCUT2D eigenvalue weighted by Gasteiger charge is -2.47. The molecule has 2 aromatic rings. The maximum atomic E-state index is 9.52. The third kappa shape index (κ3) is 3.52. The van der Waals surface area contributed by atoms with E-state index in [2.05, 4.69) is 6.92 Å². The van der Waals surface area contributed by atoms with E-state index in [9.17, 15) is 10.2 Å². The van der Waals surface area contributed by atoms with Crippen molar-refractivity contribution in [3.63, 3.8) is 0 Å². The third-order valence-corrected chi connectivity index (χ3v) is 8.45. The summed E-state index contributed by atoms with van der Waals surface area (Å²) in [6.45, 7) is 2.21. The van der Waals surface area contributed by atoms with Crippen LogP contribution in [0.1, 0.15) is 44.6 Å². The summed E-state index contributed by atoms with van der Waals surface area (Å²) >= 11 is 0. The summed E-state index contributed by atoms with van der Waals surface area (Å²) in [5, 5.41) is 20.2. The van der Waals surface area contributed by atoms with Gasteiger partial charge < -0.3 is 21.5 Å². The second-order valence-electron chi connectivity index (χ2n) is 7.17. The summed E-state index contributed by atoms with van der Waals surface area (Å²) in [5.74, 6) is 0.540. The molecule has 0 spiro atoms. The van der Waals surface area contributed by atoms with Crippen LogP contribution in [0.3, 0.4) is 0 Å². The number of rotatable bonds is 4. The highest BCUT2D eigenvalue weighted by Crippen LogP contribution is 2.56. The number of benzene rings is 2. The Morgan fingerprint density at radius 1 is 0.880 bits per heavy atom. The molecule has 3 rings (SSSR count). The molecule has 0 amide bonds. The lowest BCUT2D eigenvalue weighted by atomic mass is 9.72. The Kier molecular flexibility index (Phi) is 5.06. The Labute approximate surface area is 150 Å². The molecule has 0 bridgehead atoms. The van der Waals surface area contributed by atoms with Crippen molar-refractivity contribution in [1.29, 1.82) is 0 Å². The van der Waals surface area contributed by atoms with Gasteiger partial charge in [-0.15, -0.1) is 0 Å². The van der Waals surface area contributed by atoms with E-state index in [0.29, 0.717) is 0 Å². The summed E-state index contributed by atoms with van der Waals surface area (Å²) in [4.78, 5) is 0. The van der Waals surface area contributed by atoms with Crippen LogP contribution in [0.15, 0.2) is 48.5 Å². The zero-order chi connectivity index (χ0) is 18.1. The van der Waals surface area contributed by atoms with Crippen LogP contribution < -0.4 is 16.5 Å². The van der Waals surface area contributed by atoms with Crippen LogP contribution in [-0.4, -0.2) is 15.4 Å². The minimum Gasteiger partial charge on any atom is -0.508 e. The zero-order valence-corrected chi connectivity index (χ0v) is 15.5. The van der Waals surface area contributed by atoms with Crippen LogP contribution in [0.4, 0.5) is 0 Å². The van der Waals surface area contributed by atoms with Crippen molar-refractivity contribution < 1.29 is 10.2 Å². The standard InChI is InChI=1S/C20H27N2O2P/c1-2-19(25(22)18-9-7-17(24)8-10-18)11-13-20(21,14-12-19)15-3-5-16(23)6-4-15/h3-10,23-24H,2,11-14,21-22H2,1H3. The van der Waals surface area contributed by atoms with Gasteiger partial charge in [0, 0.05) is 10.7 Å². The molecule has 1 unspecified atom stereocenters. The monoisotopic (exact) mass is 358 g/mol. The van der Waals surface area contributed by atoms with Gasteiger partial charge in [0.2, 0.25) is 0 Å². The highest BCUT2D eigenvalue weighted by molar-refractivity contribution is 7.64. The van der Waals surface area contributed by atoms with E-state index in [1.165, 1.54) is 0 Å². The first kappa shape index (κ1) is 18.2.